The van der Waals surface area contributed by atoms with Gasteiger partial charge in [-0.05, 0) is 19.8 Å². The summed E-state index contributed by atoms with van der Waals surface area (Å²) in [7, 11) is 3.19. The topological polar surface area (TPSA) is 130 Å². The Hall–Kier alpha value is -2.16. The maximum Gasteiger partial charge on any atom is 0.312 e. The van der Waals surface area contributed by atoms with Gasteiger partial charge in [-0.1, -0.05) is 0 Å². The molecule has 1 aliphatic heterocycles. The van der Waals surface area contributed by atoms with Gasteiger partial charge in [-0.2, -0.15) is 5.10 Å². The van der Waals surface area contributed by atoms with Gasteiger partial charge < -0.3 is 9.47 Å². The molecule has 10 nitrogen and oxygen atoms in total. The summed E-state index contributed by atoms with van der Waals surface area (Å²) in [6.07, 6.45) is 1.11. The lowest BCUT2D eigenvalue weighted by Crippen LogP contribution is -2.36. The van der Waals surface area contributed by atoms with Crippen LogP contribution < -0.4 is 4.91 Å². The molecule has 2 rings (SSSR count). The Morgan fingerprint density at radius 1 is 1.64 bits per heavy atom. The summed E-state index contributed by atoms with van der Waals surface area (Å²) in [5.74, 6) is 0. The zero-order valence-electron chi connectivity index (χ0n) is 12.7. The lowest BCUT2D eigenvalue weighted by Gasteiger charge is -2.23. The summed E-state index contributed by atoms with van der Waals surface area (Å²) in [5, 5.41) is 19.0. The van der Waals surface area contributed by atoms with Crippen LogP contribution in [0.3, 0.4) is 0 Å². The second-order valence-electron chi connectivity index (χ2n) is 5.19. The Labute approximate surface area is 126 Å². The molecule has 1 saturated heterocycles. The minimum absolute atomic E-state index is 0.0609. The van der Waals surface area contributed by atoms with Crippen molar-refractivity contribution in [3.63, 3.8) is 0 Å². The number of aromatic nitrogens is 2. The summed E-state index contributed by atoms with van der Waals surface area (Å²) < 4.78 is 12.8. The normalized spacial score (nSPS) is 28.7. The standard InChI is InChI=1S/C12H19N6O4/c1-7-12(21-3)8(15-16-13)4-5-10(22-7)11-9(18(19)20)6-14-17(11)2/h6-8,10,12-13H,4-5H2,1-3H3/q+1/t7-,8-,10+,12-/m1/s1. The van der Waals surface area contributed by atoms with E-state index in [4.69, 9.17) is 15.0 Å². The molecule has 1 N–H and O–H groups in total. The highest BCUT2D eigenvalue weighted by molar-refractivity contribution is 5.35. The van der Waals surface area contributed by atoms with Crippen LogP contribution in [-0.4, -0.2) is 40.1 Å². The number of nitrogens with zero attached hydrogens (tertiary/aromatic N) is 5. The summed E-state index contributed by atoms with van der Waals surface area (Å²) in [6, 6.07) is -0.310. The molecule has 1 aromatic heterocycles. The van der Waals surface area contributed by atoms with Crippen molar-refractivity contribution in [3.8, 4) is 0 Å². The zero-order chi connectivity index (χ0) is 16.3. The van der Waals surface area contributed by atoms with Gasteiger partial charge in [0.25, 0.3) is 0 Å². The predicted octanol–water partition coefficient (Wildman–Crippen LogP) is 1.50. The molecule has 1 fully saturated rings. The fourth-order valence-corrected chi connectivity index (χ4v) is 2.90. The molecule has 0 aliphatic carbocycles. The van der Waals surface area contributed by atoms with Crippen LogP contribution in [0.25, 0.3) is 0 Å². The third-order valence-corrected chi connectivity index (χ3v) is 3.89. The van der Waals surface area contributed by atoms with Crippen LogP contribution in [0, 0.1) is 15.6 Å². The summed E-state index contributed by atoms with van der Waals surface area (Å²) in [4.78, 5) is 13.8. The molecule has 0 aromatic carbocycles. The van der Waals surface area contributed by atoms with Gasteiger partial charge in [-0.15, -0.1) is 0 Å². The quantitative estimate of drug-likeness (QED) is 0.390. The van der Waals surface area contributed by atoms with Crippen molar-refractivity contribution in [1.29, 1.82) is 5.53 Å². The molecule has 0 unspecified atom stereocenters. The first-order valence-corrected chi connectivity index (χ1v) is 6.90. The average molecular weight is 311 g/mol. The summed E-state index contributed by atoms with van der Waals surface area (Å²) >= 11 is 0. The Kier molecular flexibility index (Phi) is 4.96. The first-order chi connectivity index (χ1) is 10.5. The largest absolute Gasteiger partial charge is 0.376 e. The third-order valence-electron chi connectivity index (χ3n) is 3.89. The molecule has 0 spiro atoms. The van der Waals surface area contributed by atoms with Gasteiger partial charge in [-0.3, -0.25) is 14.8 Å². The van der Waals surface area contributed by atoms with Crippen molar-refractivity contribution in [2.45, 2.75) is 44.1 Å². The van der Waals surface area contributed by atoms with Gasteiger partial charge in [0.2, 0.25) is 4.91 Å². The maximum absolute atomic E-state index is 11.1. The van der Waals surface area contributed by atoms with E-state index in [-0.39, 0.29) is 23.9 Å². The molecule has 2 heterocycles. The highest BCUT2D eigenvalue weighted by Gasteiger charge is 2.39. The van der Waals surface area contributed by atoms with E-state index in [0.717, 1.165) is 0 Å². The first kappa shape index (κ1) is 16.2. The van der Waals surface area contributed by atoms with Crippen LogP contribution in [0.4, 0.5) is 5.69 Å². The molecular formula is C12H19N6O4+. The van der Waals surface area contributed by atoms with Crippen molar-refractivity contribution < 1.29 is 14.4 Å². The van der Waals surface area contributed by atoms with Crippen molar-refractivity contribution in [3.05, 3.63) is 22.0 Å². The molecule has 10 heteroatoms. The highest BCUT2D eigenvalue weighted by Crippen LogP contribution is 2.36. The van der Waals surface area contributed by atoms with E-state index in [1.807, 2.05) is 6.92 Å². The van der Waals surface area contributed by atoms with Gasteiger partial charge in [0, 0.05) is 14.2 Å². The highest BCUT2D eigenvalue weighted by atomic mass is 16.6. The fraction of sp³-hybridized carbons (Fsp3) is 0.750. The average Bonchev–Trinajstić information content (AvgIpc) is 2.78. The molecule has 1 aliphatic rings. The van der Waals surface area contributed by atoms with Crippen LogP contribution in [-0.2, 0) is 16.5 Å². The van der Waals surface area contributed by atoms with E-state index >= 15 is 0 Å². The third kappa shape index (κ3) is 3.03. The van der Waals surface area contributed by atoms with Crippen LogP contribution in [0.1, 0.15) is 31.6 Å². The molecule has 0 radical (unpaired) electrons. The number of aryl methyl sites for hydroxylation is 1. The molecule has 1 aromatic rings. The Balaban J connectivity index is 2.33. The van der Waals surface area contributed by atoms with Gasteiger partial charge in [0.1, 0.15) is 34.7 Å². The van der Waals surface area contributed by atoms with Crippen LogP contribution in [0.5, 0.6) is 0 Å². The molecule has 0 amide bonds. The van der Waals surface area contributed by atoms with E-state index < -0.39 is 11.0 Å². The minimum Gasteiger partial charge on any atom is -0.376 e. The number of nitrogens with one attached hydrogen (secondary N) is 1. The summed E-state index contributed by atoms with van der Waals surface area (Å²) in [5.41, 5.74) is 7.28. The predicted molar refractivity (Wildman–Crippen MR) is 74.3 cm³/mol. The van der Waals surface area contributed by atoms with Gasteiger partial charge >= 0.3 is 5.69 Å². The SMILES string of the molecule is CO[C@H]1[C@H](N=[N+]=N)CC[C@@H](c2c([N+](=O)[O-])cnn2C)O[C@@H]1C. The van der Waals surface area contributed by atoms with E-state index in [1.54, 1.807) is 14.2 Å². The Bertz CT molecular complexity index is 596. The Morgan fingerprint density at radius 2 is 2.36 bits per heavy atom. The molecule has 0 saturated carbocycles. The van der Waals surface area contributed by atoms with Crippen molar-refractivity contribution in [1.82, 2.24) is 14.7 Å². The van der Waals surface area contributed by atoms with Crippen molar-refractivity contribution in [2.24, 2.45) is 12.2 Å². The van der Waals surface area contributed by atoms with Crippen LogP contribution in [0.15, 0.2) is 11.3 Å². The first-order valence-electron chi connectivity index (χ1n) is 6.90. The number of nitro groups is 1. The number of methoxy groups -OCH3 is 1. The monoisotopic (exact) mass is 311 g/mol. The molecule has 4 atom stereocenters. The molecular weight excluding hydrogens is 292 g/mol. The van der Waals surface area contributed by atoms with Gasteiger partial charge in [0.15, 0.2) is 6.04 Å². The zero-order valence-corrected chi connectivity index (χ0v) is 12.7. The molecule has 120 valence electrons. The van der Waals surface area contributed by atoms with Crippen molar-refractivity contribution >= 4 is 5.69 Å². The Morgan fingerprint density at radius 3 is 2.95 bits per heavy atom. The van der Waals surface area contributed by atoms with Gasteiger partial charge in [0.05, 0.1) is 11.0 Å². The number of hydrogen-bond acceptors (Lipinski definition) is 7. The van der Waals surface area contributed by atoms with E-state index in [1.165, 1.54) is 10.9 Å². The van der Waals surface area contributed by atoms with Crippen LogP contribution >= 0.6 is 0 Å². The summed E-state index contributed by atoms with van der Waals surface area (Å²) in [6.45, 7) is 1.82. The van der Waals surface area contributed by atoms with Crippen LogP contribution in [0.2, 0.25) is 0 Å². The van der Waals surface area contributed by atoms with Crippen molar-refractivity contribution in [2.75, 3.05) is 7.11 Å². The lowest BCUT2D eigenvalue weighted by molar-refractivity contribution is -0.386. The molecule has 0 bridgehead atoms. The second-order valence-corrected chi connectivity index (χ2v) is 5.19. The second kappa shape index (κ2) is 6.73. The lowest BCUT2D eigenvalue weighted by atomic mass is 10.0. The number of hydrogen-bond donors (Lipinski definition) is 1. The number of rotatable bonds is 4. The minimum atomic E-state index is -0.480. The van der Waals surface area contributed by atoms with E-state index in [9.17, 15) is 10.1 Å². The smallest absolute Gasteiger partial charge is 0.312 e. The number of ether oxygens (including phenoxy) is 2. The van der Waals surface area contributed by atoms with Gasteiger partial charge in [-0.25, -0.2) is 0 Å². The fourth-order valence-electron chi connectivity index (χ4n) is 2.90. The maximum atomic E-state index is 11.1. The molecule has 22 heavy (non-hydrogen) atoms. The van der Waals surface area contributed by atoms with E-state index in [2.05, 4.69) is 15.1 Å². The van der Waals surface area contributed by atoms with E-state index in [0.29, 0.717) is 18.5 Å².